The minimum absolute atomic E-state index is 0.0493. The second-order valence-corrected chi connectivity index (χ2v) is 8.46. The highest BCUT2D eigenvalue weighted by Gasteiger charge is 2.28. The molecule has 0 saturated carbocycles. The number of rotatable bonds is 4. The molecule has 0 bridgehead atoms. The van der Waals surface area contributed by atoms with E-state index in [9.17, 15) is 4.79 Å². The van der Waals surface area contributed by atoms with Crippen molar-refractivity contribution >= 4 is 40.0 Å². The molecule has 3 heterocycles. The van der Waals surface area contributed by atoms with Crippen molar-refractivity contribution in [2.75, 3.05) is 19.7 Å². The van der Waals surface area contributed by atoms with E-state index in [0.717, 1.165) is 26.6 Å². The normalized spacial score (nSPS) is 17.8. The molecule has 1 fully saturated rings. The van der Waals surface area contributed by atoms with Gasteiger partial charge in [-0.1, -0.05) is 30.0 Å². The second-order valence-electron chi connectivity index (χ2n) is 6.38. The Bertz CT molecular complexity index is 934. The fourth-order valence-corrected chi connectivity index (χ4v) is 4.97. The monoisotopic (exact) mass is 388 g/mol. The molecule has 1 unspecified atom stereocenters. The Labute approximate surface area is 160 Å². The Hall–Kier alpha value is -1.83. The van der Waals surface area contributed by atoms with Crippen molar-refractivity contribution in [2.24, 2.45) is 0 Å². The lowest BCUT2D eigenvalue weighted by atomic mass is 10.1. The maximum atomic E-state index is 13.1. The number of para-hydroxylation sites is 1. The van der Waals surface area contributed by atoms with Gasteiger partial charge in [-0.3, -0.25) is 4.79 Å². The van der Waals surface area contributed by atoms with E-state index >= 15 is 0 Å². The van der Waals surface area contributed by atoms with Crippen molar-refractivity contribution in [1.82, 2.24) is 9.88 Å². The zero-order valence-electron chi connectivity index (χ0n) is 14.7. The molecule has 1 aliphatic rings. The minimum Gasteiger partial charge on any atom is -0.451 e. The van der Waals surface area contributed by atoms with Crippen molar-refractivity contribution in [3.63, 3.8) is 0 Å². The van der Waals surface area contributed by atoms with Gasteiger partial charge in [0, 0.05) is 40.9 Å². The van der Waals surface area contributed by atoms with E-state index in [0.29, 0.717) is 31.2 Å². The van der Waals surface area contributed by atoms with Crippen molar-refractivity contribution in [3.05, 3.63) is 46.7 Å². The van der Waals surface area contributed by atoms with Crippen LogP contribution in [0.1, 0.15) is 28.7 Å². The van der Waals surface area contributed by atoms with Crippen LogP contribution in [0.25, 0.3) is 11.0 Å². The van der Waals surface area contributed by atoms with E-state index in [2.05, 4.69) is 4.98 Å². The average molecular weight is 389 g/mol. The van der Waals surface area contributed by atoms with Crippen molar-refractivity contribution in [3.8, 4) is 0 Å². The molecule has 1 saturated heterocycles. The summed E-state index contributed by atoms with van der Waals surface area (Å²) in [6.07, 6.45) is 0.0493. The standard InChI is InChI=1S/C19H20N2O3S2/c1-12-10-25-19(20-12)26-11-15-14-5-3-4-6-16(14)24-17(15)18(22)21-7-8-23-13(2)9-21/h3-6,10,13H,7-9,11H2,1-2H3. The molecular weight excluding hydrogens is 368 g/mol. The van der Waals surface area contributed by atoms with Gasteiger partial charge >= 0.3 is 0 Å². The summed E-state index contributed by atoms with van der Waals surface area (Å²) in [7, 11) is 0. The Morgan fingerprint density at radius 3 is 3.04 bits per heavy atom. The van der Waals surface area contributed by atoms with Gasteiger partial charge in [0.25, 0.3) is 5.91 Å². The highest BCUT2D eigenvalue weighted by molar-refractivity contribution is 8.00. The molecule has 136 valence electrons. The topological polar surface area (TPSA) is 55.6 Å². The van der Waals surface area contributed by atoms with Crippen molar-refractivity contribution in [2.45, 2.75) is 30.0 Å². The van der Waals surface area contributed by atoms with E-state index in [-0.39, 0.29) is 12.0 Å². The SMILES string of the molecule is Cc1csc(SCc2c(C(=O)N3CCOC(C)C3)oc3ccccc23)n1. The molecule has 1 aromatic carbocycles. The number of fused-ring (bicyclic) bond motifs is 1. The summed E-state index contributed by atoms with van der Waals surface area (Å²) >= 11 is 3.27. The molecule has 0 N–H and O–H groups in total. The summed E-state index contributed by atoms with van der Waals surface area (Å²) in [6.45, 7) is 5.73. The minimum atomic E-state index is -0.0535. The third kappa shape index (κ3) is 3.51. The number of aryl methyl sites for hydroxylation is 1. The number of morpholine rings is 1. The van der Waals surface area contributed by atoms with Crippen LogP contribution >= 0.6 is 23.1 Å². The summed E-state index contributed by atoms with van der Waals surface area (Å²) in [6, 6.07) is 7.83. The molecule has 4 rings (SSSR count). The van der Waals surface area contributed by atoms with Crippen LogP contribution in [0, 0.1) is 6.92 Å². The number of hydrogen-bond donors (Lipinski definition) is 0. The number of benzene rings is 1. The van der Waals surface area contributed by atoms with Gasteiger partial charge in [0.1, 0.15) is 9.92 Å². The lowest BCUT2D eigenvalue weighted by molar-refractivity contribution is -0.0134. The second kappa shape index (κ2) is 7.42. The first kappa shape index (κ1) is 17.6. The number of nitrogens with zero attached hydrogens (tertiary/aromatic N) is 2. The number of carbonyl (C=O) groups is 1. The van der Waals surface area contributed by atoms with Crippen molar-refractivity contribution in [1.29, 1.82) is 0 Å². The van der Waals surface area contributed by atoms with E-state index in [1.807, 2.05) is 48.4 Å². The van der Waals surface area contributed by atoms with Gasteiger partial charge in [0.15, 0.2) is 5.76 Å². The molecule has 5 nitrogen and oxygen atoms in total. The quantitative estimate of drug-likeness (QED) is 0.622. The Morgan fingerprint density at radius 2 is 2.27 bits per heavy atom. The predicted octanol–water partition coefficient (Wildman–Crippen LogP) is 4.35. The fraction of sp³-hybridized carbons (Fsp3) is 0.368. The number of furan rings is 1. The molecule has 1 aliphatic heterocycles. The van der Waals surface area contributed by atoms with Gasteiger partial charge in [0.2, 0.25) is 0 Å². The van der Waals surface area contributed by atoms with E-state index in [1.165, 1.54) is 0 Å². The molecule has 1 amide bonds. The maximum absolute atomic E-state index is 13.1. The third-order valence-corrected chi connectivity index (χ3v) is 6.52. The zero-order chi connectivity index (χ0) is 18.1. The molecule has 1 atom stereocenters. The fourth-order valence-electron chi connectivity index (χ4n) is 3.09. The van der Waals surface area contributed by atoms with E-state index in [1.54, 1.807) is 23.1 Å². The van der Waals surface area contributed by atoms with Crippen LogP contribution in [0.5, 0.6) is 0 Å². The lowest BCUT2D eigenvalue weighted by Gasteiger charge is -2.30. The van der Waals surface area contributed by atoms with Crippen LogP contribution in [-0.4, -0.2) is 41.6 Å². The van der Waals surface area contributed by atoms with Gasteiger partial charge in [-0.25, -0.2) is 4.98 Å². The van der Waals surface area contributed by atoms with Gasteiger partial charge in [-0.15, -0.1) is 11.3 Å². The Kier molecular flexibility index (Phi) is 5.02. The number of ether oxygens (including phenoxy) is 1. The van der Waals surface area contributed by atoms with E-state index in [4.69, 9.17) is 9.15 Å². The van der Waals surface area contributed by atoms with Crippen LogP contribution < -0.4 is 0 Å². The van der Waals surface area contributed by atoms with Gasteiger partial charge in [-0.05, 0) is 19.9 Å². The van der Waals surface area contributed by atoms with Crippen LogP contribution in [0.4, 0.5) is 0 Å². The van der Waals surface area contributed by atoms with Gasteiger partial charge in [0.05, 0.1) is 12.7 Å². The first-order valence-corrected chi connectivity index (χ1v) is 10.4. The van der Waals surface area contributed by atoms with Crippen LogP contribution in [-0.2, 0) is 10.5 Å². The Balaban J connectivity index is 1.65. The molecule has 2 aromatic heterocycles. The summed E-state index contributed by atoms with van der Waals surface area (Å²) in [5.74, 6) is 1.05. The summed E-state index contributed by atoms with van der Waals surface area (Å²) in [5.41, 5.74) is 2.72. The van der Waals surface area contributed by atoms with Crippen LogP contribution in [0.15, 0.2) is 38.4 Å². The highest BCUT2D eigenvalue weighted by Crippen LogP contribution is 2.34. The molecule has 0 aliphatic carbocycles. The lowest BCUT2D eigenvalue weighted by Crippen LogP contribution is -2.44. The summed E-state index contributed by atoms with van der Waals surface area (Å²) in [5, 5.41) is 3.04. The number of carbonyl (C=O) groups excluding carboxylic acids is 1. The number of hydrogen-bond acceptors (Lipinski definition) is 6. The van der Waals surface area contributed by atoms with Gasteiger partial charge < -0.3 is 14.1 Å². The number of aromatic nitrogens is 1. The molecule has 3 aromatic rings. The first-order valence-electron chi connectivity index (χ1n) is 8.58. The molecule has 0 spiro atoms. The molecule has 0 radical (unpaired) electrons. The van der Waals surface area contributed by atoms with Crippen molar-refractivity contribution < 1.29 is 13.9 Å². The summed E-state index contributed by atoms with van der Waals surface area (Å²) in [4.78, 5) is 19.4. The Morgan fingerprint density at radius 1 is 1.42 bits per heavy atom. The van der Waals surface area contributed by atoms with E-state index < -0.39 is 0 Å². The first-order chi connectivity index (χ1) is 12.6. The third-order valence-electron chi connectivity index (χ3n) is 4.36. The largest absolute Gasteiger partial charge is 0.451 e. The van der Waals surface area contributed by atoms with Crippen LogP contribution in [0.3, 0.4) is 0 Å². The average Bonchev–Trinajstić information content (AvgIpc) is 3.22. The number of thioether (sulfide) groups is 1. The zero-order valence-corrected chi connectivity index (χ0v) is 16.4. The molecule has 7 heteroatoms. The summed E-state index contributed by atoms with van der Waals surface area (Å²) < 4.78 is 12.5. The highest BCUT2D eigenvalue weighted by atomic mass is 32.2. The number of amides is 1. The maximum Gasteiger partial charge on any atom is 0.290 e. The predicted molar refractivity (Wildman–Crippen MR) is 104 cm³/mol. The molecule has 26 heavy (non-hydrogen) atoms. The van der Waals surface area contributed by atoms with Crippen LogP contribution in [0.2, 0.25) is 0 Å². The molecular formula is C19H20N2O3S2. The van der Waals surface area contributed by atoms with Gasteiger partial charge in [-0.2, -0.15) is 0 Å². The smallest absolute Gasteiger partial charge is 0.290 e. The number of thiazole rings is 1.